The molecule has 0 bridgehead atoms. The third-order valence-corrected chi connectivity index (χ3v) is 7.20. The summed E-state index contributed by atoms with van der Waals surface area (Å²) in [5, 5.41) is 16.1. The number of carbonyl (C=O) groups is 3. The van der Waals surface area contributed by atoms with E-state index >= 15 is 0 Å². The van der Waals surface area contributed by atoms with Crippen molar-refractivity contribution >= 4 is 34.1 Å². The van der Waals surface area contributed by atoms with Crippen LogP contribution in [0.15, 0.2) is 0 Å². The molecular formula is C21H30N2O4S. The number of anilines is 1. The average Bonchev–Trinajstić information content (AvgIpc) is 3.28. The molecule has 2 fully saturated rings. The number of thiophene rings is 1. The zero-order chi connectivity index (χ0) is 20.3. The largest absolute Gasteiger partial charge is 0.481 e. The minimum Gasteiger partial charge on any atom is -0.481 e. The Balaban J connectivity index is 1.81. The van der Waals surface area contributed by atoms with E-state index in [9.17, 15) is 19.5 Å². The number of carbonyl (C=O) groups excluding carboxylic acids is 2. The number of nitrogens with one attached hydrogen (secondary N) is 2. The summed E-state index contributed by atoms with van der Waals surface area (Å²) in [7, 11) is 0. The molecule has 2 atom stereocenters. The summed E-state index contributed by atoms with van der Waals surface area (Å²) in [4.78, 5) is 38.5. The smallest absolute Gasteiger partial charge is 0.307 e. The van der Waals surface area contributed by atoms with Crippen molar-refractivity contribution in [3.05, 3.63) is 16.0 Å². The van der Waals surface area contributed by atoms with Crippen molar-refractivity contribution in [2.75, 3.05) is 5.32 Å². The summed E-state index contributed by atoms with van der Waals surface area (Å²) in [6.07, 6.45) is 7.80. The van der Waals surface area contributed by atoms with E-state index in [0.717, 1.165) is 49.0 Å². The van der Waals surface area contributed by atoms with Crippen LogP contribution in [0.2, 0.25) is 0 Å². The normalized spacial score (nSPS) is 22.8. The van der Waals surface area contributed by atoms with Gasteiger partial charge in [-0.2, -0.15) is 0 Å². The molecule has 0 saturated heterocycles. The van der Waals surface area contributed by atoms with Crippen molar-refractivity contribution in [2.24, 2.45) is 11.8 Å². The minimum absolute atomic E-state index is 0.123. The van der Waals surface area contributed by atoms with Crippen LogP contribution >= 0.6 is 11.3 Å². The molecule has 0 radical (unpaired) electrons. The van der Waals surface area contributed by atoms with Crippen molar-refractivity contribution in [3.8, 4) is 0 Å². The number of carboxylic acid groups (broad SMARTS) is 1. The fourth-order valence-corrected chi connectivity index (χ4v) is 5.75. The Hall–Kier alpha value is -1.89. The van der Waals surface area contributed by atoms with Gasteiger partial charge in [0.15, 0.2) is 0 Å². The predicted octanol–water partition coefficient (Wildman–Crippen LogP) is 4.12. The van der Waals surface area contributed by atoms with E-state index in [1.165, 1.54) is 11.3 Å². The first-order chi connectivity index (χ1) is 13.4. The molecule has 154 valence electrons. The summed E-state index contributed by atoms with van der Waals surface area (Å²) in [5.74, 6) is -2.48. The van der Waals surface area contributed by atoms with E-state index in [2.05, 4.69) is 10.6 Å². The van der Waals surface area contributed by atoms with Gasteiger partial charge in [-0.3, -0.25) is 14.4 Å². The molecule has 2 aliphatic carbocycles. The van der Waals surface area contributed by atoms with Crippen LogP contribution in [0, 0.1) is 18.8 Å². The van der Waals surface area contributed by atoms with Gasteiger partial charge in [0, 0.05) is 10.9 Å². The molecule has 6 nitrogen and oxygen atoms in total. The number of aliphatic carboxylic acids is 1. The summed E-state index contributed by atoms with van der Waals surface area (Å²) in [6, 6.07) is 0.204. The minimum atomic E-state index is -0.907. The first kappa shape index (κ1) is 20.8. The van der Waals surface area contributed by atoms with E-state index in [1.807, 2.05) is 13.8 Å². The number of carboxylic acids is 1. The van der Waals surface area contributed by atoms with Crippen LogP contribution in [0.1, 0.15) is 79.1 Å². The number of hydrogen-bond acceptors (Lipinski definition) is 4. The first-order valence-electron chi connectivity index (χ1n) is 10.4. The van der Waals surface area contributed by atoms with Crippen LogP contribution in [-0.2, 0) is 16.0 Å². The van der Waals surface area contributed by atoms with Gasteiger partial charge in [-0.25, -0.2) is 0 Å². The molecule has 2 saturated carbocycles. The van der Waals surface area contributed by atoms with Crippen molar-refractivity contribution in [3.63, 3.8) is 0 Å². The number of amides is 2. The SMILES string of the molecule is CCc1c(C)sc(NC(=O)[C@H]2CCCC[C@@H]2C(=O)O)c1C(=O)NC1CCCC1. The summed E-state index contributed by atoms with van der Waals surface area (Å²) in [5.41, 5.74) is 1.53. The van der Waals surface area contributed by atoms with Gasteiger partial charge < -0.3 is 15.7 Å². The summed E-state index contributed by atoms with van der Waals surface area (Å²) < 4.78 is 0. The highest BCUT2D eigenvalue weighted by molar-refractivity contribution is 7.16. The molecule has 0 unspecified atom stereocenters. The lowest BCUT2D eigenvalue weighted by atomic mass is 9.79. The Labute approximate surface area is 170 Å². The lowest BCUT2D eigenvalue weighted by molar-refractivity contribution is -0.147. The van der Waals surface area contributed by atoms with Gasteiger partial charge in [0.1, 0.15) is 5.00 Å². The van der Waals surface area contributed by atoms with Crippen LogP contribution in [-0.4, -0.2) is 28.9 Å². The highest BCUT2D eigenvalue weighted by Gasteiger charge is 2.36. The topological polar surface area (TPSA) is 95.5 Å². The molecule has 1 aromatic heterocycles. The van der Waals surface area contributed by atoms with Crippen LogP contribution in [0.5, 0.6) is 0 Å². The van der Waals surface area contributed by atoms with Crippen LogP contribution in [0.4, 0.5) is 5.00 Å². The van der Waals surface area contributed by atoms with Crippen LogP contribution in [0.25, 0.3) is 0 Å². The summed E-state index contributed by atoms with van der Waals surface area (Å²) >= 11 is 1.41. The molecule has 2 amide bonds. The molecule has 3 N–H and O–H groups in total. The second-order valence-electron chi connectivity index (χ2n) is 7.97. The summed E-state index contributed by atoms with van der Waals surface area (Å²) in [6.45, 7) is 3.97. The fraction of sp³-hybridized carbons (Fsp3) is 0.667. The van der Waals surface area contributed by atoms with E-state index < -0.39 is 17.8 Å². The van der Waals surface area contributed by atoms with Crippen LogP contribution < -0.4 is 10.6 Å². The van der Waals surface area contributed by atoms with Crippen molar-refractivity contribution < 1.29 is 19.5 Å². The lowest BCUT2D eigenvalue weighted by Gasteiger charge is -2.27. The van der Waals surface area contributed by atoms with Gasteiger partial charge in [0.2, 0.25) is 5.91 Å². The lowest BCUT2D eigenvalue weighted by Crippen LogP contribution is -2.37. The molecule has 7 heteroatoms. The van der Waals surface area contributed by atoms with Gasteiger partial charge in [-0.05, 0) is 44.6 Å². The van der Waals surface area contributed by atoms with Gasteiger partial charge in [0.05, 0.1) is 17.4 Å². The zero-order valence-electron chi connectivity index (χ0n) is 16.7. The first-order valence-corrected chi connectivity index (χ1v) is 11.2. The number of hydrogen-bond donors (Lipinski definition) is 3. The maximum absolute atomic E-state index is 13.0. The highest BCUT2D eigenvalue weighted by Crippen LogP contribution is 2.36. The van der Waals surface area contributed by atoms with Crippen molar-refractivity contribution in [2.45, 2.75) is 77.7 Å². The molecule has 0 aromatic carbocycles. The molecule has 1 heterocycles. The van der Waals surface area contributed by atoms with Gasteiger partial charge >= 0.3 is 5.97 Å². The zero-order valence-corrected chi connectivity index (χ0v) is 17.5. The molecule has 3 rings (SSSR count). The third-order valence-electron chi connectivity index (χ3n) is 6.14. The monoisotopic (exact) mass is 406 g/mol. The Morgan fingerprint density at radius 3 is 2.25 bits per heavy atom. The number of aryl methyl sites for hydroxylation is 1. The highest BCUT2D eigenvalue weighted by atomic mass is 32.1. The molecule has 2 aliphatic rings. The second kappa shape index (κ2) is 9.07. The molecule has 0 spiro atoms. The Morgan fingerprint density at radius 1 is 1.04 bits per heavy atom. The third kappa shape index (κ3) is 4.40. The Kier molecular flexibility index (Phi) is 6.75. The van der Waals surface area contributed by atoms with Gasteiger partial charge in [-0.1, -0.05) is 32.6 Å². The molecule has 1 aromatic rings. The van der Waals surface area contributed by atoms with E-state index in [-0.39, 0.29) is 17.9 Å². The van der Waals surface area contributed by atoms with Gasteiger partial charge in [0.25, 0.3) is 5.91 Å². The van der Waals surface area contributed by atoms with E-state index in [1.54, 1.807) is 0 Å². The van der Waals surface area contributed by atoms with E-state index in [4.69, 9.17) is 0 Å². The quantitative estimate of drug-likeness (QED) is 0.662. The fourth-order valence-electron chi connectivity index (χ4n) is 4.61. The second-order valence-corrected chi connectivity index (χ2v) is 9.20. The van der Waals surface area contributed by atoms with Gasteiger partial charge in [-0.15, -0.1) is 11.3 Å². The van der Waals surface area contributed by atoms with Crippen molar-refractivity contribution in [1.29, 1.82) is 0 Å². The maximum atomic E-state index is 13.0. The number of rotatable bonds is 6. The Bertz CT molecular complexity index is 752. The Morgan fingerprint density at radius 2 is 1.64 bits per heavy atom. The average molecular weight is 407 g/mol. The molecule has 0 aliphatic heterocycles. The maximum Gasteiger partial charge on any atom is 0.307 e. The molecular weight excluding hydrogens is 376 g/mol. The van der Waals surface area contributed by atoms with Crippen molar-refractivity contribution in [1.82, 2.24) is 5.32 Å². The predicted molar refractivity (Wildman–Crippen MR) is 110 cm³/mol. The standard InChI is InChI=1S/C21H30N2O4S/c1-3-14-12(2)28-20(17(14)19(25)22-13-8-4-5-9-13)23-18(24)15-10-6-7-11-16(15)21(26)27/h13,15-16H,3-11H2,1-2H3,(H,22,25)(H,23,24)(H,26,27)/t15-,16-/m0/s1. The van der Waals surface area contributed by atoms with Crippen LogP contribution in [0.3, 0.4) is 0 Å². The molecule has 28 heavy (non-hydrogen) atoms. The van der Waals surface area contributed by atoms with E-state index in [0.29, 0.717) is 29.8 Å².